The van der Waals surface area contributed by atoms with Gasteiger partial charge in [0.25, 0.3) is 5.91 Å². The van der Waals surface area contributed by atoms with Gasteiger partial charge in [-0.15, -0.1) is 0 Å². The molecule has 0 heterocycles. The number of hydrogen-bond donors (Lipinski definition) is 2. The molecule has 0 aliphatic heterocycles. The minimum absolute atomic E-state index is 0.0291. The van der Waals surface area contributed by atoms with Crippen LogP contribution in [-0.4, -0.2) is 18.9 Å². The maximum Gasteiger partial charge on any atom is 0.255 e. The van der Waals surface area contributed by atoms with Gasteiger partial charge in [-0.1, -0.05) is 66.4 Å². The SMILES string of the molecule is COc1cc(NC(=O)C2(c3ccccc3)CCCC2)ccc1NC(=O)c1cc(Cl)cc(Cl)c1. The second kappa shape index (κ2) is 9.86. The third-order valence-electron chi connectivity index (χ3n) is 6.05. The summed E-state index contributed by atoms with van der Waals surface area (Å²) in [7, 11) is 1.51. The van der Waals surface area contributed by atoms with Crippen molar-refractivity contribution in [3.63, 3.8) is 0 Å². The van der Waals surface area contributed by atoms with Gasteiger partial charge in [-0.3, -0.25) is 9.59 Å². The fraction of sp³-hybridized carbons (Fsp3) is 0.231. The zero-order chi connectivity index (χ0) is 23.4. The van der Waals surface area contributed by atoms with Gasteiger partial charge in [0.15, 0.2) is 0 Å². The van der Waals surface area contributed by atoms with Crippen molar-refractivity contribution >= 4 is 46.4 Å². The lowest BCUT2D eigenvalue weighted by molar-refractivity contribution is -0.121. The van der Waals surface area contributed by atoms with Crippen molar-refractivity contribution in [1.82, 2.24) is 0 Å². The molecule has 1 aliphatic rings. The Morgan fingerprint density at radius 2 is 1.55 bits per heavy atom. The molecular weight excluding hydrogens is 459 g/mol. The van der Waals surface area contributed by atoms with Crippen LogP contribution in [0.25, 0.3) is 0 Å². The highest BCUT2D eigenvalue weighted by Gasteiger charge is 2.42. The van der Waals surface area contributed by atoms with Crippen LogP contribution in [0.15, 0.2) is 66.7 Å². The number of rotatable bonds is 6. The molecule has 3 aromatic rings. The molecule has 0 spiro atoms. The number of methoxy groups -OCH3 is 1. The molecule has 1 aliphatic carbocycles. The van der Waals surface area contributed by atoms with Gasteiger partial charge in [0, 0.05) is 27.4 Å². The average molecular weight is 483 g/mol. The Bertz CT molecular complexity index is 1160. The second-order valence-electron chi connectivity index (χ2n) is 8.14. The number of halogens is 2. The van der Waals surface area contributed by atoms with Gasteiger partial charge < -0.3 is 15.4 Å². The highest BCUT2D eigenvalue weighted by atomic mass is 35.5. The van der Waals surface area contributed by atoms with Crippen LogP contribution in [0.3, 0.4) is 0 Å². The summed E-state index contributed by atoms with van der Waals surface area (Å²) in [4.78, 5) is 26.1. The van der Waals surface area contributed by atoms with E-state index in [0.29, 0.717) is 32.7 Å². The van der Waals surface area contributed by atoms with E-state index in [0.717, 1.165) is 31.2 Å². The molecule has 0 bridgehead atoms. The summed E-state index contributed by atoms with van der Waals surface area (Å²) in [5.74, 6) is 0.0246. The smallest absolute Gasteiger partial charge is 0.255 e. The van der Waals surface area contributed by atoms with Crippen LogP contribution in [0.4, 0.5) is 11.4 Å². The first-order chi connectivity index (χ1) is 15.9. The topological polar surface area (TPSA) is 67.4 Å². The lowest BCUT2D eigenvalue weighted by Crippen LogP contribution is -2.37. The molecule has 170 valence electrons. The predicted octanol–water partition coefficient (Wildman–Crippen LogP) is 6.70. The third-order valence-corrected chi connectivity index (χ3v) is 6.49. The van der Waals surface area contributed by atoms with E-state index in [4.69, 9.17) is 27.9 Å². The van der Waals surface area contributed by atoms with E-state index in [1.807, 2.05) is 30.3 Å². The molecule has 0 radical (unpaired) electrons. The molecule has 2 amide bonds. The molecule has 4 rings (SSSR count). The number of amides is 2. The first-order valence-corrected chi connectivity index (χ1v) is 11.5. The van der Waals surface area contributed by atoms with Crippen LogP contribution in [0.2, 0.25) is 10.0 Å². The van der Waals surface area contributed by atoms with Gasteiger partial charge in [0.1, 0.15) is 5.75 Å². The lowest BCUT2D eigenvalue weighted by Gasteiger charge is -2.28. The molecule has 3 aromatic carbocycles. The average Bonchev–Trinajstić information content (AvgIpc) is 3.31. The molecule has 0 atom stereocenters. The fourth-order valence-electron chi connectivity index (χ4n) is 4.38. The van der Waals surface area contributed by atoms with Gasteiger partial charge >= 0.3 is 0 Å². The van der Waals surface area contributed by atoms with Crippen LogP contribution in [0, 0.1) is 0 Å². The molecular formula is C26H24Cl2N2O3. The Labute approximate surface area is 203 Å². The van der Waals surface area contributed by atoms with E-state index in [9.17, 15) is 9.59 Å². The number of ether oxygens (including phenoxy) is 1. The Morgan fingerprint density at radius 1 is 0.879 bits per heavy atom. The maximum atomic E-state index is 13.4. The quantitative estimate of drug-likeness (QED) is 0.410. The Balaban J connectivity index is 1.54. The number of carbonyl (C=O) groups is 2. The normalized spacial score (nSPS) is 14.5. The Morgan fingerprint density at radius 3 is 2.18 bits per heavy atom. The zero-order valence-corrected chi connectivity index (χ0v) is 19.7. The molecule has 0 unspecified atom stereocenters. The van der Waals surface area contributed by atoms with Gasteiger partial charge in [-0.2, -0.15) is 0 Å². The highest BCUT2D eigenvalue weighted by molar-refractivity contribution is 6.35. The van der Waals surface area contributed by atoms with Crippen molar-refractivity contribution in [2.24, 2.45) is 0 Å². The summed E-state index contributed by atoms with van der Waals surface area (Å²) in [5, 5.41) is 6.61. The van der Waals surface area contributed by atoms with Crippen LogP contribution >= 0.6 is 23.2 Å². The van der Waals surface area contributed by atoms with E-state index in [2.05, 4.69) is 10.6 Å². The van der Waals surface area contributed by atoms with Crippen molar-refractivity contribution in [1.29, 1.82) is 0 Å². The van der Waals surface area contributed by atoms with Crippen molar-refractivity contribution in [3.8, 4) is 5.75 Å². The molecule has 2 N–H and O–H groups in total. The van der Waals surface area contributed by atoms with Crippen molar-refractivity contribution < 1.29 is 14.3 Å². The minimum Gasteiger partial charge on any atom is -0.494 e. The number of anilines is 2. The molecule has 7 heteroatoms. The van der Waals surface area contributed by atoms with Gasteiger partial charge in [0.2, 0.25) is 5.91 Å². The molecule has 1 saturated carbocycles. The Kier molecular flexibility index (Phi) is 6.91. The van der Waals surface area contributed by atoms with Crippen molar-refractivity contribution in [3.05, 3.63) is 87.9 Å². The van der Waals surface area contributed by atoms with Crippen molar-refractivity contribution in [2.75, 3.05) is 17.7 Å². The largest absolute Gasteiger partial charge is 0.494 e. The number of hydrogen-bond acceptors (Lipinski definition) is 3. The summed E-state index contributed by atoms with van der Waals surface area (Å²) in [6, 6.07) is 19.7. The molecule has 33 heavy (non-hydrogen) atoms. The monoisotopic (exact) mass is 482 g/mol. The van der Waals surface area contributed by atoms with Gasteiger partial charge in [-0.25, -0.2) is 0 Å². The molecule has 1 fully saturated rings. The fourth-order valence-corrected chi connectivity index (χ4v) is 4.91. The first-order valence-electron chi connectivity index (χ1n) is 10.7. The number of nitrogens with one attached hydrogen (secondary N) is 2. The second-order valence-corrected chi connectivity index (χ2v) is 9.01. The number of benzene rings is 3. The van der Waals surface area contributed by atoms with Crippen LogP contribution in [0.1, 0.15) is 41.6 Å². The third kappa shape index (κ3) is 5.00. The minimum atomic E-state index is -0.534. The van der Waals surface area contributed by atoms with Crippen LogP contribution < -0.4 is 15.4 Å². The maximum absolute atomic E-state index is 13.4. The summed E-state index contributed by atoms with van der Waals surface area (Å²) < 4.78 is 5.47. The summed E-state index contributed by atoms with van der Waals surface area (Å²) in [5.41, 5.74) is 1.90. The van der Waals surface area contributed by atoms with E-state index in [-0.39, 0.29) is 11.8 Å². The lowest BCUT2D eigenvalue weighted by atomic mass is 9.78. The Hall–Kier alpha value is -3.02. The number of carbonyl (C=O) groups excluding carboxylic acids is 2. The summed E-state index contributed by atoms with van der Waals surface area (Å²) >= 11 is 12.0. The molecule has 0 aromatic heterocycles. The summed E-state index contributed by atoms with van der Waals surface area (Å²) in [6.45, 7) is 0. The van der Waals surface area contributed by atoms with Crippen molar-refractivity contribution in [2.45, 2.75) is 31.1 Å². The van der Waals surface area contributed by atoms with Crippen LogP contribution in [0.5, 0.6) is 5.75 Å². The van der Waals surface area contributed by atoms with Crippen LogP contribution in [-0.2, 0) is 10.2 Å². The zero-order valence-electron chi connectivity index (χ0n) is 18.2. The molecule has 5 nitrogen and oxygen atoms in total. The van der Waals surface area contributed by atoms with E-state index >= 15 is 0 Å². The highest BCUT2D eigenvalue weighted by Crippen LogP contribution is 2.42. The van der Waals surface area contributed by atoms with Gasteiger partial charge in [0.05, 0.1) is 18.2 Å². The predicted molar refractivity (Wildman–Crippen MR) is 133 cm³/mol. The van der Waals surface area contributed by atoms with E-state index in [1.165, 1.54) is 19.2 Å². The summed E-state index contributed by atoms with van der Waals surface area (Å²) in [6.07, 6.45) is 3.67. The first kappa shape index (κ1) is 23.1. The van der Waals surface area contributed by atoms with Gasteiger partial charge in [-0.05, 0) is 48.7 Å². The van der Waals surface area contributed by atoms with E-state index < -0.39 is 5.41 Å². The van der Waals surface area contributed by atoms with E-state index in [1.54, 1.807) is 24.3 Å². The molecule has 0 saturated heterocycles. The standard InChI is InChI=1S/C26H24Cl2N2O3/c1-33-23-16-21(9-10-22(23)30-24(31)17-13-19(27)15-20(28)14-17)29-25(32)26(11-5-6-12-26)18-7-3-2-4-8-18/h2-4,7-10,13-16H,5-6,11-12H2,1H3,(H,29,32)(H,30,31).